The van der Waals surface area contributed by atoms with Gasteiger partial charge in [-0.2, -0.15) is 0 Å². The van der Waals surface area contributed by atoms with E-state index in [2.05, 4.69) is 44.7 Å². The molecule has 0 aliphatic heterocycles. The first-order valence-electron chi connectivity index (χ1n) is 10.8. The van der Waals surface area contributed by atoms with Crippen LogP contribution in [0.5, 0.6) is 0 Å². The molecule has 3 aromatic carbocycles. The molecule has 0 amide bonds. The second-order valence-electron chi connectivity index (χ2n) is 7.77. The highest BCUT2D eigenvalue weighted by molar-refractivity contribution is 7.98. The Morgan fingerprint density at radius 1 is 0.588 bits per heavy atom. The van der Waals surface area contributed by atoms with Crippen molar-refractivity contribution in [2.45, 2.75) is 35.8 Å². The molecule has 0 spiro atoms. The fourth-order valence-corrected chi connectivity index (χ4v) is 4.89. The van der Waals surface area contributed by atoms with Gasteiger partial charge in [0, 0.05) is 22.6 Å². The van der Waals surface area contributed by atoms with Crippen molar-refractivity contribution in [2.75, 3.05) is 0 Å². The van der Waals surface area contributed by atoms with Gasteiger partial charge in [0.05, 0.1) is 0 Å². The van der Waals surface area contributed by atoms with Crippen LogP contribution in [0.4, 0.5) is 0 Å². The lowest BCUT2D eigenvalue weighted by Crippen LogP contribution is -1.86. The van der Waals surface area contributed by atoms with Crippen LogP contribution < -0.4 is 0 Å². The zero-order chi connectivity index (χ0) is 23.3. The van der Waals surface area contributed by atoms with Crippen molar-refractivity contribution < 1.29 is 8.83 Å². The first kappa shape index (κ1) is 22.4. The molecule has 0 aliphatic rings. The molecule has 2 aromatic heterocycles. The van der Waals surface area contributed by atoms with Crippen LogP contribution in [0.3, 0.4) is 0 Å². The predicted octanol–water partition coefficient (Wildman–Crippen LogP) is 6.99. The molecule has 0 fully saturated rings. The Morgan fingerprint density at radius 3 is 1.53 bits per heavy atom. The zero-order valence-corrected chi connectivity index (χ0v) is 20.4. The lowest BCUT2D eigenvalue weighted by Gasteiger charge is -2.03. The maximum Gasteiger partial charge on any atom is 0.277 e. The van der Waals surface area contributed by atoms with Crippen molar-refractivity contribution in [2.24, 2.45) is 0 Å². The molecule has 6 nitrogen and oxygen atoms in total. The minimum Gasteiger partial charge on any atom is -0.411 e. The fraction of sp³-hybridized carbons (Fsp3) is 0.154. The molecule has 0 radical (unpaired) electrons. The van der Waals surface area contributed by atoms with E-state index in [1.807, 2.05) is 62.4 Å². The third-order valence-electron chi connectivity index (χ3n) is 5.28. The number of nitrogens with zero attached hydrogens (tertiary/aromatic N) is 4. The summed E-state index contributed by atoms with van der Waals surface area (Å²) in [5.74, 6) is 2.59. The van der Waals surface area contributed by atoms with Crippen LogP contribution in [0.1, 0.15) is 22.3 Å². The minimum atomic E-state index is 0.551. The quantitative estimate of drug-likeness (QED) is 0.217. The molecule has 0 bridgehead atoms. The van der Waals surface area contributed by atoms with Crippen LogP contribution in [0.2, 0.25) is 0 Å². The number of hydrogen-bond donors (Lipinski definition) is 0. The molecule has 0 N–H and O–H groups in total. The van der Waals surface area contributed by atoms with Crippen molar-refractivity contribution in [3.05, 3.63) is 95.1 Å². The summed E-state index contributed by atoms with van der Waals surface area (Å²) < 4.78 is 11.7. The number of rotatable bonds is 8. The lowest BCUT2D eigenvalue weighted by molar-refractivity contribution is 0.465. The van der Waals surface area contributed by atoms with Crippen molar-refractivity contribution in [3.63, 3.8) is 0 Å². The van der Waals surface area contributed by atoms with Crippen LogP contribution in [-0.2, 0) is 11.5 Å². The van der Waals surface area contributed by atoms with Gasteiger partial charge in [0.2, 0.25) is 11.8 Å². The number of hydrogen-bond acceptors (Lipinski definition) is 8. The van der Waals surface area contributed by atoms with Gasteiger partial charge in [-0.25, -0.2) is 0 Å². The van der Waals surface area contributed by atoms with Gasteiger partial charge in [-0.15, -0.1) is 20.4 Å². The van der Waals surface area contributed by atoms with Crippen molar-refractivity contribution >= 4 is 23.5 Å². The van der Waals surface area contributed by atoms with E-state index in [-0.39, 0.29) is 0 Å². The summed E-state index contributed by atoms with van der Waals surface area (Å²) in [6.45, 7) is 4.07. The van der Waals surface area contributed by atoms with Crippen molar-refractivity contribution in [1.29, 1.82) is 0 Å². The third kappa shape index (κ3) is 5.24. The third-order valence-corrected chi connectivity index (χ3v) is 7.06. The van der Waals surface area contributed by atoms with Crippen LogP contribution in [-0.4, -0.2) is 20.4 Å². The first-order valence-corrected chi connectivity index (χ1v) is 12.8. The molecule has 170 valence electrons. The predicted molar refractivity (Wildman–Crippen MR) is 135 cm³/mol. The smallest absolute Gasteiger partial charge is 0.277 e. The van der Waals surface area contributed by atoms with E-state index in [1.54, 1.807) is 0 Å². The Bertz CT molecular complexity index is 1310. The Kier molecular flexibility index (Phi) is 6.78. The van der Waals surface area contributed by atoms with Gasteiger partial charge in [0.1, 0.15) is 0 Å². The van der Waals surface area contributed by atoms with E-state index in [0.29, 0.717) is 22.2 Å². The summed E-state index contributed by atoms with van der Waals surface area (Å²) in [7, 11) is 0. The van der Waals surface area contributed by atoms with E-state index in [0.717, 1.165) is 33.8 Å². The molecule has 5 aromatic rings. The average molecular weight is 487 g/mol. The number of aromatic nitrogens is 4. The topological polar surface area (TPSA) is 77.8 Å². The molecule has 0 saturated carbocycles. The van der Waals surface area contributed by atoms with Gasteiger partial charge in [-0.1, -0.05) is 84.2 Å². The van der Waals surface area contributed by atoms with Gasteiger partial charge >= 0.3 is 0 Å². The van der Waals surface area contributed by atoms with E-state index in [1.165, 1.54) is 34.7 Å². The Balaban J connectivity index is 1.19. The number of aryl methyl sites for hydroxylation is 2. The maximum absolute atomic E-state index is 5.86. The van der Waals surface area contributed by atoms with Crippen LogP contribution >= 0.6 is 23.5 Å². The summed E-state index contributed by atoms with van der Waals surface area (Å²) >= 11 is 3.06. The van der Waals surface area contributed by atoms with Crippen molar-refractivity contribution in [3.8, 4) is 22.9 Å². The zero-order valence-electron chi connectivity index (χ0n) is 18.8. The van der Waals surface area contributed by atoms with E-state index < -0.39 is 0 Å². The monoisotopic (exact) mass is 486 g/mol. The van der Waals surface area contributed by atoms with Crippen LogP contribution in [0, 0.1) is 13.8 Å². The van der Waals surface area contributed by atoms with Gasteiger partial charge in [-0.3, -0.25) is 0 Å². The van der Waals surface area contributed by atoms with E-state index in [4.69, 9.17) is 8.83 Å². The van der Waals surface area contributed by atoms with Gasteiger partial charge in [-0.05, 0) is 48.2 Å². The lowest BCUT2D eigenvalue weighted by atomic mass is 10.1. The van der Waals surface area contributed by atoms with E-state index in [9.17, 15) is 0 Å². The molecule has 2 heterocycles. The molecular weight excluding hydrogens is 464 g/mol. The maximum atomic E-state index is 5.86. The highest BCUT2D eigenvalue weighted by atomic mass is 32.2. The first-order chi connectivity index (χ1) is 16.7. The summed E-state index contributed by atoms with van der Waals surface area (Å²) in [4.78, 5) is 0. The van der Waals surface area contributed by atoms with Crippen molar-refractivity contribution in [1.82, 2.24) is 20.4 Å². The molecular formula is C26H22N4O2S2. The Morgan fingerprint density at radius 2 is 1.06 bits per heavy atom. The average Bonchev–Trinajstić information content (AvgIpc) is 3.52. The van der Waals surface area contributed by atoms with E-state index >= 15 is 0 Å². The van der Waals surface area contributed by atoms with Gasteiger partial charge < -0.3 is 8.83 Å². The van der Waals surface area contributed by atoms with Crippen LogP contribution in [0.25, 0.3) is 22.9 Å². The molecule has 0 saturated heterocycles. The normalized spacial score (nSPS) is 11.1. The van der Waals surface area contributed by atoms with Crippen LogP contribution in [0.15, 0.2) is 92.1 Å². The summed E-state index contributed by atoms with van der Waals surface area (Å²) in [6, 6.07) is 24.4. The molecule has 0 aliphatic carbocycles. The molecule has 34 heavy (non-hydrogen) atoms. The van der Waals surface area contributed by atoms with Gasteiger partial charge in [0.25, 0.3) is 10.4 Å². The molecule has 5 rings (SSSR count). The highest BCUT2D eigenvalue weighted by Crippen LogP contribution is 2.30. The van der Waals surface area contributed by atoms with Gasteiger partial charge in [0.15, 0.2) is 0 Å². The second kappa shape index (κ2) is 10.3. The summed E-state index contributed by atoms with van der Waals surface area (Å²) in [5.41, 5.74) is 6.52. The second-order valence-corrected chi connectivity index (χ2v) is 9.63. The molecule has 0 unspecified atom stereocenters. The molecule has 0 atom stereocenters. The minimum absolute atomic E-state index is 0.551. The molecule has 8 heteroatoms. The highest BCUT2D eigenvalue weighted by Gasteiger charge is 2.13. The Hall–Kier alpha value is -3.36. The largest absolute Gasteiger partial charge is 0.411 e. The fourth-order valence-electron chi connectivity index (χ4n) is 3.48. The standard InChI is InChI=1S/C26H22N4O2S2/c1-17-8-3-5-12-21(17)23-27-29-25(31-23)33-15-19-10-7-11-20(14-19)16-34-26-30-28-24(32-26)22-13-6-4-9-18(22)2/h3-14H,15-16H2,1-2H3. The summed E-state index contributed by atoms with van der Waals surface area (Å²) in [5, 5.41) is 17.9. The summed E-state index contributed by atoms with van der Waals surface area (Å²) in [6.07, 6.45) is 0. The number of thioether (sulfide) groups is 2. The number of benzene rings is 3. The Labute approximate surface area is 206 Å². The SMILES string of the molecule is Cc1ccccc1-c1nnc(SCc2cccc(CSc3nnc(-c4ccccc4C)o3)c2)o1.